The molecule has 2 aliphatic rings. The number of aliphatic hydroxyl groups excluding tert-OH is 2. The zero-order valence-electron chi connectivity index (χ0n) is 19.1. The van der Waals surface area contributed by atoms with E-state index in [-0.39, 0.29) is 34.0 Å². The van der Waals surface area contributed by atoms with E-state index < -0.39 is 68.1 Å². The molecule has 4 N–H and O–H groups in total. The van der Waals surface area contributed by atoms with Crippen molar-refractivity contribution in [1.29, 1.82) is 0 Å². The van der Waals surface area contributed by atoms with Gasteiger partial charge in [-0.2, -0.15) is 0 Å². The molecule has 0 radical (unpaired) electrons. The van der Waals surface area contributed by atoms with Crippen LogP contribution in [0.5, 0.6) is 0 Å². The number of carbonyl (C=O) groups is 1. The first-order chi connectivity index (χ1) is 16.8. The third kappa shape index (κ3) is 4.51. The second kappa shape index (κ2) is 9.60. The van der Waals surface area contributed by atoms with Crippen LogP contribution in [0, 0.1) is 29.3 Å². The van der Waals surface area contributed by atoms with Crippen molar-refractivity contribution >= 4 is 33.0 Å². The molecule has 0 spiro atoms. The summed E-state index contributed by atoms with van der Waals surface area (Å²) in [6, 6.07) is 4.67. The predicted molar refractivity (Wildman–Crippen MR) is 125 cm³/mol. The van der Waals surface area contributed by atoms with Crippen LogP contribution in [0.15, 0.2) is 35.2 Å². The standard InChI is InChI=1S/C24H25ClF3NO6S/c1-11(30)22(31)24(33)13-3-4-14(24)8-16(7-13)36(34,35)20-6-12(2-5-17(20)25)23(32)29-15-9-18(26)21(28)19(27)10-15/h2,5-6,9-11,13-14,16,22,30-31,33H,3-4,7-8H2,1H3,(H,29,32)/t11-,13?,14?,16-,22+,24-/m0/s1. The van der Waals surface area contributed by atoms with Crippen LogP contribution >= 0.6 is 11.6 Å². The number of hydrogen-bond acceptors (Lipinski definition) is 6. The van der Waals surface area contributed by atoms with E-state index in [2.05, 4.69) is 5.32 Å². The summed E-state index contributed by atoms with van der Waals surface area (Å²) in [5.74, 6) is -6.72. The molecule has 2 aromatic rings. The van der Waals surface area contributed by atoms with Crippen LogP contribution in [0.4, 0.5) is 18.9 Å². The highest BCUT2D eigenvalue weighted by molar-refractivity contribution is 7.92. The molecule has 0 aliphatic heterocycles. The van der Waals surface area contributed by atoms with Crippen molar-refractivity contribution in [2.45, 2.75) is 60.6 Å². The minimum absolute atomic E-state index is 0.0278. The Balaban J connectivity index is 1.59. The maximum Gasteiger partial charge on any atom is 0.255 e. The van der Waals surface area contributed by atoms with Crippen molar-refractivity contribution in [2.24, 2.45) is 11.8 Å². The topological polar surface area (TPSA) is 124 Å². The summed E-state index contributed by atoms with van der Waals surface area (Å²) in [6.45, 7) is 1.36. The molecule has 0 aromatic heterocycles. The normalized spacial score (nSPS) is 27.5. The lowest BCUT2D eigenvalue weighted by molar-refractivity contribution is -0.172. The van der Waals surface area contributed by atoms with E-state index in [9.17, 15) is 41.7 Å². The van der Waals surface area contributed by atoms with E-state index in [1.165, 1.54) is 19.1 Å². The third-order valence-corrected chi connectivity index (χ3v) is 10.0. The summed E-state index contributed by atoms with van der Waals surface area (Å²) in [5, 5.41) is 32.5. The summed E-state index contributed by atoms with van der Waals surface area (Å²) < 4.78 is 67.2. The van der Waals surface area contributed by atoms with Gasteiger partial charge in [0.2, 0.25) is 0 Å². The third-order valence-electron chi connectivity index (χ3n) is 7.38. The Morgan fingerprint density at radius 3 is 2.17 bits per heavy atom. The van der Waals surface area contributed by atoms with Crippen LogP contribution in [0.1, 0.15) is 43.0 Å². The van der Waals surface area contributed by atoms with Crippen LogP contribution in [-0.2, 0) is 9.84 Å². The average Bonchev–Trinajstić information content (AvgIpc) is 2.98. The molecule has 36 heavy (non-hydrogen) atoms. The Bertz CT molecular complexity index is 1270. The van der Waals surface area contributed by atoms with Crippen LogP contribution < -0.4 is 5.32 Å². The van der Waals surface area contributed by atoms with E-state index in [0.717, 1.165) is 6.07 Å². The van der Waals surface area contributed by atoms with Crippen LogP contribution in [0.2, 0.25) is 5.02 Å². The van der Waals surface area contributed by atoms with Crippen LogP contribution in [0.3, 0.4) is 0 Å². The number of rotatable bonds is 6. The Kier molecular flexibility index (Phi) is 7.17. The van der Waals surface area contributed by atoms with Crippen molar-refractivity contribution in [3.63, 3.8) is 0 Å². The fraction of sp³-hybridized carbons (Fsp3) is 0.458. The molecule has 4 rings (SSSR count). The minimum atomic E-state index is -4.10. The molecule has 7 nitrogen and oxygen atoms in total. The van der Waals surface area contributed by atoms with Crippen molar-refractivity contribution in [2.75, 3.05) is 5.32 Å². The van der Waals surface area contributed by atoms with E-state index in [1.54, 1.807) is 0 Å². The van der Waals surface area contributed by atoms with Crippen molar-refractivity contribution in [1.82, 2.24) is 0 Å². The lowest BCUT2D eigenvalue weighted by Gasteiger charge is -2.46. The number of fused-ring (bicyclic) bond motifs is 2. The summed E-state index contributed by atoms with van der Waals surface area (Å²) in [6.07, 6.45) is -1.59. The van der Waals surface area contributed by atoms with Gasteiger partial charge in [0.05, 0.1) is 26.9 Å². The first-order valence-electron chi connectivity index (χ1n) is 11.3. The fourth-order valence-electron chi connectivity index (χ4n) is 5.54. The Labute approximate surface area is 210 Å². The van der Waals surface area contributed by atoms with E-state index in [4.69, 9.17) is 11.6 Å². The Morgan fingerprint density at radius 1 is 1.08 bits per heavy atom. The van der Waals surface area contributed by atoms with Gasteiger partial charge >= 0.3 is 0 Å². The summed E-state index contributed by atoms with van der Waals surface area (Å²) in [4.78, 5) is 12.3. The van der Waals surface area contributed by atoms with Gasteiger partial charge in [-0.1, -0.05) is 11.6 Å². The smallest absolute Gasteiger partial charge is 0.255 e. The largest absolute Gasteiger partial charge is 0.391 e. The number of hydrogen-bond donors (Lipinski definition) is 4. The maximum absolute atomic E-state index is 13.6. The molecule has 1 amide bonds. The van der Waals surface area contributed by atoms with Crippen molar-refractivity contribution in [3.8, 4) is 0 Å². The molecular formula is C24H25ClF3NO6S. The summed E-state index contributed by atoms with van der Waals surface area (Å²) >= 11 is 6.19. The molecule has 4 atom stereocenters. The van der Waals surface area contributed by atoms with Gasteiger partial charge in [0.15, 0.2) is 27.3 Å². The number of benzene rings is 2. The lowest BCUT2D eigenvalue weighted by Crippen LogP contribution is -2.58. The average molecular weight is 548 g/mol. The zero-order valence-corrected chi connectivity index (χ0v) is 20.7. The molecular weight excluding hydrogens is 523 g/mol. The van der Waals surface area contributed by atoms with Gasteiger partial charge in [-0.25, -0.2) is 21.6 Å². The van der Waals surface area contributed by atoms with E-state index in [1.807, 2.05) is 0 Å². The zero-order chi connectivity index (χ0) is 26.6. The fourth-order valence-corrected chi connectivity index (χ4v) is 7.94. The number of nitrogens with one attached hydrogen (secondary N) is 1. The number of halogens is 4. The highest BCUT2D eigenvalue weighted by atomic mass is 35.5. The molecule has 196 valence electrons. The Morgan fingerprint density at radius 2 is 1.64 bits per heavy atom. The van der Waals surface area contributed by atoms with Crippen LogP contribution in [-0.4, -0.2) is 52.7 Å². The predicted octanol–water partition coefficient (Wildman–Crippen LogP) is 3.44. The minimum Gasteiger partial charge on any atom is -0.391 e. The highest BCUT2D eigenvalue weighted by Gasteiger charge is 2.59. The van der Waals surface area contributed by atoms with Crippen LogP contribution in [0.25, 0.3) is 0 Å². The molecule has 12 heteroatoms. The van der Waals surface area contributed by atoms with Crippen molar-refractivity contribution < 1.29 is 41.7 Å². The van der Waals surface area contributed by atoms with Gasteiger partial charge in [-0.15, -0.1) is 0 Å². The van der Waals surface area contributed by atoms with Gasteiger partial charge in [-0.05, 0) is 62.6 Å². The number of carbonyl (C=O) groups excluding carboxylic acids is 1. The first-order valence-corrected chi connectivity index (χ1v) is 13.3. The summed E-state index contributed by atoms with van der Waals surface area (Å²) in [7, 11) is -4.10. The number of amides is 1. The SMILES string of the molecule is C[C@H](O)[C@@H](O)[C@]1(O)C2CCC1C[C@@H](S(=O)(=O)c1cc(C(=O)Nc3cc(F)c(F)c(F)c3)ccc1Cl)C2. The monoisotopic (exact) mass is 547 g/mol. The Hall–Kier alpha value is -2.18. The molecule has 2 aromatic carbocycles. The molecule has 0 heterocycles. The number of aliphatic hydroxyl groups is 3. The second-order valence-corrected chi connectivity index (χ2v) is 12.1. The molecule has 2 unspecified atom stereocenters. The maximum atomic E-state index is 13.6. The number of sulfone groups is 1. The van der Waals surface area contributed by atoms with Gasteiger partial charge in [0.25, 0.3) is 5.91 Å². The van der Waals surface area contributed by atoms with Gasteiger partial charge in [0.1, 0.15) is 6.10 Å². The second-order valence-electron chi connectivity index (χ2n) is 9.54. The lowest BCUT2D eigenvalue weighted by atomic mass is 9.70. The van der Waals surface area contributed by atoms with Gasteiger partial charge in [0, 0.05) is 23.4 Å². The first kappa shape index (κ1) is 26.9. The summed E-state index contributed by atoms with van der Waals surface area (Å²) in [5.41, 5.74) is -2.13. The molecule has 2 fully saturated rings. The van der Waals surface area contributed by atoms with Gasteiger partial charge in [-0.3, -0.25) is 4.79 Å². The van der Waals surface area contributed by atoms with E-state index in [0.29, 0.717) is 25.0 Å². The van der Waals surface area contributed by atoms with Gasteiger partial charge < -0.3 is 20.6 Å². The number of anilines is 1. The highest BCUT2D eigenvalue weighted by Crippen LogP contribution is 2.54. The van der Waals surface area contributed by atoms with Crippen molar-refractivity contribution in [3.05, 3.63) is 58.4 Å². The molecule has 0 saturated heterocycles. The quantitative estimate of drug-likeness (QED) is 0.411. The molecule has 2 bridgehead atoms. The molecule has 2 aliphatic carbocycles. The molecule has 2 saturated carbocycles. The van der Waals surface area contributed by atoms with E-state index >= 15 is 0 Å².